The normalized spacial score (nSPS) is 25.8. The van der Waals surface area contributed by atoms with Crippen LogP contribution < -0.4 is 10.6 Å². The molecule has 128 valence electrons. The Morgan fingerprint density at radius 2 is 2.04 bits per heavy atom. The van der Waals surface area contributed by atoms with E-state index in [0.29, 0.717) is 6.04 Å². The Labute approximate surface area is 150 Å². The molecule has 1 aromatic rings. The minimum absolute atomic E-state index is 0. The van der Waals surface area contributed by atoms with Gasteiger partial charge in [0.25, 0.3) is 0 Å². The van der Waals surface area contributed by atoms with Gasteiger partial charge in [-0.1, -0.05) is 30.2 Å². The molecule has 1 saturated heterocycles. The molecule has 2 fully saturated rings. The molecular formula is C18H26Cl2N2O. The smallest absolute Gasteiger partial charge is 0.223 e. The Kier molecular flexibility index (Phi) is 6.35. The van der Waals surface area contributed by atoms with Gasteiger partial charge >= 0.3 is 0 Å². The van der Waals surface area contributed by atoms with Gasteiger partial charge in [-0.05, 0) is 56.8 Å². The molecule has 1 saturated carbocycles. The number of halogens is 2. The van der Waals surface area contributed by atoms with Crippen molar-refractivity contribution in [1.29, 1.82) is 0 Å². The van der Waals surface area contributed by atoms with Crippen molar-refractivity contribution in [2.75, 3.05) is 13.1 Å². The summed E-state index contributed by atoms with van der Waals surface area (Å²) in [5.41, 5.74) is 1.43. The topological polar surface area (TPSA) is 41.1 Å². The third-order valence-corrected chi connectivity index (χ3v) is 5.61. The van der Waals surface area contributed by atoms with Crippen molar-refractivity contribution in [3.63, 3.8) is 0 Å². The fourth-order valence-corrected chi connectivity index (χ4v) is 3.87. The van der Waals surface area contributed by atoms with Crippen LogP contribution in [0.5, 0.6) is 0 Å². The van der Waals surface area contributed by atoms with Crippen LogP contribution in [-0.2, 0) is 10.2 Å². The summed E-state index contributed by atoms with van der Waals surface area (Å²) in [5.74, 6) is 0.396. The van der Waals surface area contributed by atoms with E-state index in [1.807, 2.05) is 12.1 Å². The molecule has 2 atom stereocenters. The van der Waals surface area contributed by atoms with Crippen molar-refractivity contribution < 1.29 is 4.79 Å². The number of benzene rings is 1. The molecule has 1 aliphatic heterocycles. The molecule has 2 aliphatic rings. The van der Waals surface area contributed by atoms with Crippen LogP contribution in [0.25, 0.3) is 0 Å². The average molecular weight is 357 g/mol. The number of carbonyl (C=O) groups excluding carboxylic acids is 1. The maximum Gasteiger partial charge on any atom is 0.223 e. The molecule has 1 heterocycles. The van der Waals surface area contributed by atoms with Gasteiger partial charge in [0, 0.05) is 28.9 Å². The van der Waals surface area contributed by atoms with E-state index >= 15 is 0 Å². The average Bonchev–Trinajstić information content (AvgIpc) is 2.47. The highest BCUT2D eigenvalue weighted by Crippen LogP contribution is 2.43. The monoisotopic (exact) mass is 356 g/mol. The third-order valence-electron chi connectivity index (χ3n) is 5.36. The number of piperidine rings is 1. The van der Waals surface area contributed by atoms with Gasteiger partial charge in [-0.3, -0.25) is 4.79 Å². The van der Waals surface area contributed by atoms with Crippen LogP contribution in [0.3, 0.4) is 0 Å². The van der Waals surface area contributed by atoms with Gasteiger partial charge in [0.2, 0.25) is 5.91 Å². The largest absolute Gasteiger partial charge is 0.355 e. The third kappa shape index (κ3) is 4.20. The lowest BCUT2D eigenvalue weighted by molar-refractivity contribution is -0.126. The molecule has 0 bridgehead atoms. The predicted octanol–water partition coefficient (Wildman–Crippen LogP) is 3.69. The summed E-state index contributed by atoms with van der Waals surface area (Å²) >= 11 is 5.99. The van der Waals surface area contributed by atoms with Gasteiger partial charge in [-0.25, -0.2) is 0 Å². The first-order valence-corrected chi connectivity index (χ1v) is 8.74. The highest BCUT2D eigenvalue weighted by Gasteiger charge is 2.39. The molecule has 1 aromatic carbocycles. The van der Waals surface area contributed by atoms with E-state index < -0.39 is 0 Å². The van der Waals surface area contributed by atoms with Gasteiger partial charge in [0.1, 0.15) is 0 Å². The molecule has 0 spiro atoms. The van der Waals surface area contributed by atoms with Crippen LogP contribution in [0.1, 0.15) is 44.6 Å². The second-order valence-electron chi connectivity index (χ2n) is 6.94. The molecule has 1 amide bonds. The van der Waals surface area contributed by atoms with Gasteiger partial charge < -0.3 is 10.6 Å². The number of hydrogen-bond donors (Lipinski definition) is 2. The Morgan fingerprint density at radius 3 is 2.61 bits per heavy atom. The van der Waals surface area contributed by atoms with Crippen LogP contribution in [0.2, 0.25) is 5.02 Å². The van der Waals surface area contributed by atoms with E-state index in [1.165, 1.54) is 12.0 Å². The molecule has 1 aliphatic carbocycles. The highest BCUT2D eigenvalue weighted by molar-refractivity contribution is 6.30. The van der Waals surface area contributed by atoms with Crippen molar-refractivity contribution >= 4 is 29.9 Å². The Morgan fingerprint density at radius 1 is 1.35 bits per heavy atom. The fourth-order valence-electron chi connectivity index (χ4n) is 3.75. The minimum atomic E-state index is 0. The van der Waals surface area contributed by atoms with Crippen LogP contribution in [0, 0.1) is 5.92 Å². The zero-order valence-corrected chi connectivity index (χ0v) is 15.2. The summed E-state index contributed by atoms with van der Waals surface area (Å²) < 4.78 is 0. The van der Waals surface area contributed by atoms with Gasteiger partial charge in [0.15, 0.2) is 0 Å². The van der Waals surface area contributed by atoms with Gasteiger partial charge in [-0.2, -0.15) is 0 Å². The summed E-state index contributed by atoms with van der Waals surface area (Å²) in [6.07, 6.45) is 5.43. The standard InChI is InChI=1S/C18H25ClN2O.ClH/c1-13-11-14(7-10-20-13)17(22)21-12-18(8-2-9-18)15-3-5-16(19)6-4-15;/h3-6,13-14,20H,2,7-12H2,1H3,(H,21,22);1H/t13-,14-;/m0./s1. The number of amides is 1. The Balaban J connectivity index is 0.00000192. The van der Waals surface area contributed by atoms with E-state index in [9.17, 15) is 4.79 Å². The highest BCUT2D eigenvalue weighted by atomic mass is 35.5. The Hall–Kier alpha value is -0.770. The summed E-state index contributed by atoms with van der Waals surface area (Å²) in [6.45, 7) is 3.86. The van der Waals surface area contributed by atoms with Crippen LogP contribution in [0.15, 0.2) is 24.3 Å². The van der Waals surface area contributed by atoms with E-state index in [2.05, 4.69) is 29.7 Å². The van der Waals surface area contributed by atoms with Crippen molar-refractivity contribution in [1.82, 2.24) is 10.6 Å². The summed E-state index contributed by atoms with van der Waals surface area (Å²) in [4.78, 5) is 12.5. The van der Waals surface area contributed by atoms with E-state index in [1.54, 1.807) is 0 Å². The molecule has 23 heavy (non-hydrogen) atoms. The second-order valence-corrected chi connectivity index (χ2v) is 7.37. The quantitative estimate of drug-likeness (QED) is 0.863. The van der Waals surface area contributed by atoms with Crippen molar-refractivity contribution in [2.24, 2.45) is 5.92 Å². The second kappa shape index (κ2) is 7.87. The summed E-state index contributed by atoms with van der Waals surface area (Å²) in [5, 5.41) is 7.40. The van der Waals surface area contributed by atoms with E-state index in [-0.39, 0.29) is 29.6 Å². The molecule has 3 rings (SSSR count). The first-order chi connectivity index (χ1) is 10.6. The van der Waals surface area contributed by atoms with Gasteiger partial charge in [0.05, 0.1) is 0 Å². The zero-order chi connectivity index (χ0) is 15.6. The van der Waals surface area contributed by atoms with Crippen LogP contribution in [0.4, 0.5) is 0 Å². The molecule has 5 heteroatoms. The van der Waals surface area contributed by atoms with E-state index in [0.717, 1.165) is 43.8 Å². The summed E-state index contributed by atoms with van der Waals surface area (Å²) in [6, 6.07) is 8.57. The van der Waals surface area contributed by atoms with Crippen LogP contribution >= 0.6 is 24.0 Å². The fraction of sp³-hybridized carbons (Fsp3) is 0.611. The molecule has 3 nitrogen and oxygen atoms in total. The lowest BCUT2D eigenvalue weighted by Gasteiger charge is -2.43. The predicted molar refractivity (Wildman–Crippen MR) is 97.4 cm³/mol. The Bertz CT molecular complexity index is 528. The van der Waals surface area contributed by atoms with Crippen LogP contribution in [-0.4, -0.2) is 25.0 Å². The maximum absolute atomic E-state index is 12.5. The minimum Gasteiger partial charge on any atom is -0.355 e. The lowest BCUT2D eigenvalue weighted by atomic mass is 9.64. The van der Waals surface area contributed by atoms with Crippen molar-refractivity contribution in [3.8, 4) is 0 Å². The number of nitrogens with one attached hydrogen (secondary N) is 2. The molecule has 0 unspecified atom stereocenters. The molecular weight excluding hydrogens is 331 g/mol. The maximum atomic E-state index is 12.5. The molecule has 0 radical (unpaired) electrons. The van der Waals surface area contributed by atoms with Crippen molar-refractivity contribution in [2.45, 2.75) is 50.5 Å². The van der Waals surface area contributed by atoms with Gasteiger partial charge in [-0.15, -0.1) is 12.4 Å². The van der Waals surface area contributed by atoms with Crippen molar-refractivity contribution in [3.05, 3.63) is 34.9 Å². The zero-order valence-electron chi connectivity index (χ0n) is 13.6. The first-order valence-electron chi connectivity index (χ1n) is 8.36. The molecule has 0 aromatic heterocycles. The summed E-state index contributed by atoms with van der Waals surface area (Å²) in [7, 11) is 0. The first kappa shape index (κ1) is 18.6. The number of carbonyl (C=O) groups is 1. The number of rotatable bonds is 4. The lowest BCUT2D eigenvalue weighted by Crippen LogP contribution is -2.49. The SMILES string of the molecule is C[C@H]1C[C@@H](C(=O)NCC2(c3ccc(Cl)cc3)CCC2)CCN1.Cl. The molecule has 2 N–H and O–H groups in total. The number of hydrogen-bond acceptors (Lipinski definition) is 2. The van der Waals surface area contributed by atoms with E-state index in [4.69, 9.17) is 11.6 Å².